The maximum atomic E-state index is 13.0. The molecule has 6 heteroatoms. The molecule has 1 aliphatic heterocycles. The normalized spacial score (nSPS) is 17.1. The molecule has 32 heavy (non-hydrogen) atoms. The summed E-state index contributed by atoms with van der Waals surface area (Å²) in [6, 6.07) is 3.84. The van der Waals surface area contributed by atoms with Crippen LogP contribution in [-0.4, -0.2) is 49.8 Å². The van der Waals surface area contributed by atoms with Crippen molar-refractivity contribution in [2.24, 2.45) is 11.8 Å². The van der Waals surface area contributed by atoms with Gasteiger partial charge in [0.05, 0.1) is 24.9 Å². The summed E-state index contributed by atoms with van der Waals surface area (Å²) in [5, 5.41) is 3.16. The van der Waals surface area contributed by atoms with Crippen LogP contribution < -0.4 is 15.0 Å². The average Bonchev–Trinajstić information content (AvgIpc) is 3.45. The molecule has 1 aliphatic carbocycles. The van der Waals surface area contributed by atoms with Gasteiger partial charge in [0, 0.05) is 19.7 Å². The van der Waals surface area contributed by atoms with Crippen molar-refractivity contribution in [2.75, 3.05) is 37.8 Å². The van der Waals surface area contributed by atoms with Crippen molar-refractivity contribution < 1.29 is 14.3 Å². The van der Waals surface area contributed by atoms with E-state index in [1.165, 1.54) is 44.9 Å². The molecule has 180 valence electrons. The highest BCUT2D eigenvalue weighted by atomic mass is 16.5. The standard InChI is InChI=1S/C26H43N3O3/c1-4-5-6-9-16-31-19-22(17-20(2)3)27-25(30)23-12-13-24(29-14-7-8-15-29)26(28-23)32-18-21-10-11-21/h12-13,20-22H,4-11,14-19H2,1-3H3,(H,27,30)/t22-/m0/s1. The third kappa shape index (κ3) is 8.27. The first kappa shape index (κ1) is 24.8. The number of ether oxygens (including phenoxy) is 2. The van der Waals surface area contributed by atoms with Crippen molar-refractivity contribution in [3.05, 3.63) is 17.8 Å². The molecular formula is C26H43N3O3. The number of hydrogen-bond acceptors (Lipinski definition) is 5. The lowest BCUT2D eigenvalue weighted by Gasteiger charge is -2.22. The fourth-order valence-corrected chi connectivity index (χ4v) is 4.20. The monoisotopic (exact) mass is 445 g/mol. The van der Waals surface area contributed by atoms with Gasteiger partial charge in [-0.05, 0) is 62.5 Å². The molecule has 1 saturated carbocycles. The van der Waals surface area contributed by atoms with Crippen LogP contribution in [0.4, 0.5) is 5.69 Å². The third-order valence-electron chi connectivity index (χ3n) is 6.22. The van der Waals surface area contributed by atoms with E-state index in [2.05, 4.69) is 36.0 Å². The topological polar surface area (TPSA) is 63.7 Å². The van der Waals surface area contributed by atoms with E-state index in [1.54, 1.807) is 0 Å². The second-order valence-electron chi connectivity index (χ2n) is 9.90. The van der Waals surface area contributed by atoms with Crippen LogP contribution in [0.5, 0.6) is 5.88 Å². The number of nitrogens with one attached hydrogen (secondary N) is 1. The summed E-state index contributed by atoms with van der Waals surface area (Å²) < 4.78 is 12.0. The third-order valence-corrected chi connectivity index (χ3v) is 6.22. The number of aromatic nitrogens is 1. The average molecular weight is 446 g/mol. The van der Waals surface area contributed by atoms with E-state index in [4.69, 9.17) is 9.47 Å². The Morgan fingerprint density at radius 2 is 1.97 bits per heavy atom. The lowest BCUT2D eigenvalue weighted by molar-refractivity contribution is 0.0796. The van der Waals surface area contributed by atoms with Gasteiger partial charge in [0.25, 0.3) is 5.91 Å². The molecule has 0 spiro atoms. The molecule has 6 nitrogen and oxygen atoms in total. The molecule has 3 rings (SSSR count). The number of hydrogen-bond donors (Lipinski definition) is 1. The number of rotatable bonds is 15. The highest BCUT2D eigenvalue weighted by molar-refractivity contribution is 5.93. The Kier molecular flexibility index (Phi) is 10.1. The summed E-state index contributed by atoms with van der Waals surface area (Å²) in [7, 11) is 0. The van der Waals surface area contributed by atoms with Gasteiger partial charge in [-0.15, -0.1) is 0 Å². The molecule has 0 radical (unpaired) electrons. The van der Waals surface area contributed by atoms with Gasteiger partial charge in [-0.25, -0.2) is 4.98 Å². The molecule has 0 unspecified atom stereocenters. The van der Waals surface area contributed by atoms with Crippen LogP contribution in [-0.2, 0) is 4.74 Å². The number of unbranched alkanes of at least 4 members (excludes halogenated alkanes) is 3. The minimum atomic E-state index is -0.144. The Hall–Kier alpha value is -1.82. The van der Waals surface area contributed by atoms with Crippen molar-refractivity contribution in [3.8, 4) is 5.88 Å². The summed E-state index contributed by atoms with van der Waals surface area (Å²) in [6.45, 7) is 10.6. The molecule has 2 fully saturated rings. The Labute approximate surface area is 194 Å². The zero-order chi connectivity index (χ0) is 22.8. The number of anilines is 1. The SMILES string of the molecule is CCCCCCOC[C@H](CC(C)C)NC(=O)c1ccc(N2CCCC2)c(OCC2CC2)n1. The summed E-state index contributed by atoms with van der Waals surface area (Å²) in [4.78, 5) is 20.0. The van der Waals surface area contributed by atoms with E-state index in [9.17, 15) is 4.79 Å². The van der Waals surface area contributed by atoms with Gasteiger partial charge in [-0.2, -0.15) is 0 Å². The van der Waals surface area contributed by atoms with Crippen LogP contribution in [0.2, 0.25) is 0 Å². The second kappa shape index (κ2) is 13.0. The lowest BCUT2D eigenvalue weighted by Crippen LogP contribution is -2.39. The number of carbonyl (C=O) groups is 1. The Morgan fingerprint density at radius 1 is 1.19 bits per heavy atom. The first-order valence-corrected chi connectivity index (χ1v) is 12.8. The Balaban J connectivity index is 1.60. The number of nitrogens with zero attached hydrogens (tertiary/aromatic N) is 2. The van der Waals surface area contributed by atoms with Crippen molar-refractivity contribution in [2.45, 2.75) is 84.6 Å². The summed E-state index contributed by atoms with van der Waals surface area (Å²) in [5.74, 6) is 1.59. The fourth-order valence-electron chi connectivity index (χ4n) is 4.20. The molecular weight excluding hydrogens is 402 g/mol. The maximum absolute atomic E-state index is 13.0. The van der Waals surface area contributed by atoms with Gasteiger partial charge in [0.2, 0.25) is 5.88 Å². The number of carbonyl (C=O) groups excluding carboxylic acids is 1. The largest absolute Gasteiger partial charge is 0.476 e. The van der Waals surface area contributed by atoms with Gasteiger partial charge >= 0.3 is 0 Å². The van der Waals surface area contributed by atoms with Gasteiger partial charge in [-0.1, -0.05) is 40.0 Å². The van der Waals surface area contributed by atoms with E-state index in [-0.39, 0.29) is 11.9 Å². The zero-order valence-corrected chi connectivity index (χ0v) is 20.4. The summed E-state index contributed by atoms with van der Waals surface area (Å²) in [5.41, 5.74) is 1.45. The first-order chi connectivity index (χ1) is 15.6. The van der Waals surface area contributed by atoms with Crippen LogP contribution in [0, 0.1) is 11.8 Å². The quantitative estimate of drug-likeness (QED) is 0.375. The minimum absolute atomic E-state index is 0.00966. The maximum Gasteiger partial charge on any atom is 0.270 e. The zero-order valence-electron chi connectivity index (χ0n) is 20.4. The van der Waals surface area contributed by atoms with Crippen LogP contribution in [0.25, 0.3) is 0 Å². The van der Waals surface area contributed by atoms with Crippen LogP contribution >= 0.6 is 0 Å². The molecule has 1 atom stereocenters. The molecule has 2 heterocycles. The van der Waals surface area contributed by atoms with Crippen LogP contribution in [0.15, 0.2) is 12.1 Å². The van der Waals surface area contributed by atoms with E-state index in [1.807, 2.05) is 12.1 Å². The Bertz CT molecular complexity index is 700. The molecule has 1 amide bonds. The van der Waals surface area contributed by atoms with Crippen LogP contribution in [0.1, 0.15) is 89.0 Å². The van der Waals surface area contributed by atoms with Gasteiger partial charge in [0.15, 0.2) is 0 Å². The van der Waals surface area contributed by atoms with E-state index < -0.39 is 0 Å². The summed E-state index contributed by atoms with van der Waals surface area (Å²) in [6.07, 6.45) is 10.5. The molecule has 2 aliphatic rings. The van der Waals surface area contributed by atoms with Crippen molar-refractivity contribution in [1.82, 2.24) is 10.3 Å². The molecule has 1 saturated heterocycles. The number of amides is 1. The molecule has 0 bridgehead atoms. The van der Waals surface area contributed by atoms with Gasteiger partial charge < -0.3 is 19.7 Å². The molecule has 1 aromatic rings. The lowest BCUT2D eigenvalue weighted by atomic mass is 10.0. The highest BCUT2D eigenvalue weighted by Crippen LogP contribution is 2.33. The van der Waals surface area contributed by atoms with Crippen LogP contribution in [0.3, 0.4) is 0 Å². The van der Waals surface area contributed by atoms with E-state index in [0.717, 1.165) is 38.2 Å². The predicted octanol–water partition coefficient (Wildman–Crippen LogP) is 5.21. The van der Waals surface area contributed by atoms with Gasteiger partial charge in [-0.3, -0.25) is 4.79 Å². The molecule has 0 aromatic carbocycles. The predicted molar refractivity (Wildman–Crippen MR) is 130 cm³/mol. The fraction of sp³-hybridized carbons (Fsp3) is 0.769. The second-order valence-corrected chi connectivity index (χ2v) is 9.90. The van der Waals surface area contributed by atoms with E-state index in [0.29, 0.717) is 36.6 Å². The molecule has 1 aromatic heterocycles. The van der Waals surface area contributed by atoms with Crippen molar-refractivity contribution >= 4 is 11.6 Å². The van der Waals surface area contributed by atoms with Gasteiger partial charge in [0.1, 0.15) is 5.69 Å². The summed E-state index contributed by atoms with van der Waals surface area (Å²) >= 11 is 0. The smallest absolute Gasteiger partial charge is 0.270 e. The first-order valence-electron chi connectivity index (χ1n) is 12.8. The Morgan fingerprint density at radius 3 is 2.66 bits per heavy atom. The highest BCUT2D eigenvalue weighted by Gasteiger charge is 2.25. The van der Waals surface area contributed by atoms with E-state index >= 15 is 0 Å². The number of pyridine rings is 1. The van der Waals surface area contributed by atoms with Crippen molar-refractivity contribution in [3.63, 3.8) is 0 Å². The van der Waals surface area contributed by atoms with Crippen molar-refractivity contribution in [1.29, 1.82) is 0 Å². The molecule has 1 N–H and O–H groups in total. The minimum Gasteiger partial charge on any atom is -0.476 e.